The van der Waals surface area contributed by atoms with E-state index in [1.807, 2.05) is 0 Å². The molecular formula is C74H130O6. The van der Waals surface area contributed by atoms with Gasteiger partial charge in [0.25, 0.3) is 0 Å². The number of carbonyl (C=O) groups excluding carboxylic acids is 3. The van der Waals surface area contributed by atoms with Gasteiger partial charge in [0.1, 0.15) is 13.2 Å². The van der Waals surface area contributed by atoms with E-state index < -0.39 is 6.10 Å². The van der Waals surface area contributed by atoms with Crippen LogP contribution < -0.4 is 0 Å². The molecule has 0 amide bonds. The number of unbranched alkanes of at least 4 members (excludes halogenated alkanes) is 38. The Morgan fingerprint density at radius 3 is 0.762 bits per heavy atom. The maximum atomic E-state index is 12.9. The van der Waals surface area contributed by atoms with Crippen LogP contribution in [0.5, 0.6) is 0 Å². The third-order valence-electron chi connectivity index (χ3n) is 15.1. The molecule has 0 aromatic carbocycles. The van der Waals surface area contributed by atoms with Crippen LogP contribution in [0.3, 0.4) is 0 Å². The molecule has 0 aliphatic heterocycles. The Labute approximate surface area is 496 Å². The fraction of sp³-hybridized carbons (Fsp3) is 0.770. The molecule has 0 aliphatic carbocycles. The Kier molecular flexibility index (Phi) is 65.2. The minimum atomic E-state index is -0.776. The zero-order valence-electron chi connectivity index (χ0n) is 53.1. The second-order valence-corrected chi connectivity index (χ2v) is 23.1. The van der Waals surface area contributed by atoms with Gasteiger partial charge in [-0.15, -0.1) is 0 Å². The van der Waals surface area contributed by atoms with Crippen LogP contribution in [0, 0.1) is 0 Å². The lowest BCUT2D eigenvalue weighted by Crippen LogP contribution is -2.30. The topological polar surface area (TPSA) is 78.9 Å². The van der Waals surface area contributed by atoms with Crippen LogP contribution in [-0.4, -0.2) is 37.2 Å². The lowest BCUT2D eigenvalue weighted by Gasteiger charge is -2.18. The molecular weight excluding hydrogens is 985 g/mol. The van der Waals surface area contributed by atoms with Crippen LogP contribution in [0.15, 0.2) is 85.1 Å². The van der Waals surface area contributed by atoms with Gasteiger partial charge in [-0.25, -0.2) is 0 Å². The van der Waals surface area contributed by atoms with Crippen molar-refractivity contribution in [2.45, 2.75) is 354 Å². The molecule has 6 nitrogen and oxygen atoms in total. The van der Waals surface area contributed by atoms with Gasteiger partial charge in [-0.2, -0.15) is 0 Å². The normalized spacial score (nSPS) is 12.6. The van der Waals surface area contributed by atoms with Crippen molar-refractivity contribution in [1.29, 1.82) is 0 Å². The van der Waals surface area contributed by atoms with Gasteiger partial charge in [0.15, 0.2) is 6.10 Å². The van der Waals surface area contributed by atoms with Crippen LogP contribution in [0.1, 0.15) is 348 Å². The first-order chi connectivity index (χ1) is 39.5. The average Bonchev–Trinajstić information content (AvgIpc) is 3.46. The number of carbonyl (C=O) groups is 3. The largest absolute Gasteiger partial charge is 0.462 e. The van der Waals surface area contributed by atoms with Gasteiger partial charge >= 0.3 is 17.9 Å². The van der Waals surface area contributed by atoms with E-state index in [9.17, 15) is 14.4 Å². The van der Waals surface area contributed by atoms with E-state index in [1.165, 1.54) is 212 Å². The summed E-state index contributed by atoms with van der Waals surface area (Å²) in [6, 6.07) is 0. The summed E-state index contributed by atoms with van der Waals surface area (Å²) >= 11 is 0. The Morgan fingerprint density at radius 2 is 0.487 bits per heavy atom. The molecule has 1 unspecified atom stereocenters. The van der Waals surface area contributed by atoms with E-state index in [-0.39, 0.29) is 31.1 Å². The second kappa shape index (κ2) is 68.1. The van der Waals surface area contributed by atoms with Gasteiger partial charge in [-0.1, -0.05) is 318 Å². The molecule has 0 saturated carbocycles. The van der Waals surface area contributed by atoms with Crippen molar-refractivity contribution in [3.8, 4) is 0 Å². The average molecular weight is 1120 g/mol. The lowest BCUT2D eigenvalue weighted by atomic mass is 10.0. The van der Waals surface area contributed by atoms with Crippen LogP contribution >= 0.6 is 0 Å². The highest BCUT2D eigenvalue weighted by Gasteiger charge is 2.19. The SMILES string of the molecule is CC/C=C\C/C=C\C/C=C\C/C=C\CCCCCCCCCCCCC(=O)OC(COC(=O)CCCCCCCCCC)COC(=O)CCCCCCCCCCCCCCCCCC/C=C\C/C=C\C/C=C\CCCCCCC. The predicted molar refractivity (Wildman–Crippen MR) is 348 cm³/mol. The summed E-state index contributed by atoms with van der Waals surface area (Å²) in [5.74, 6) is -0.868. The third-order valence-corrected chi connectivity index (χ3v) is 15.1. The minimum absolute atomic E-state index is 0.0745. The first-order valence-electron chi connectivity index (χ1n) is 34.6. The standard InChI is InChI=1S/C74H130O6/c1-4-7-10-13-16-19-21-23-25-27-29-31-33-34-35-36-37-38-39-40-42-43-45-47-49-51-53-55-58-61-64-67-73(76)79-70-71(69-78-72(75)66-63-60-57-18-15-12-9-6-3)80-74(77)68-65-62-59-56-54-52-50-48-46-44-41-32-30-28-26-24-22-20-17-14-11-8-5-2/h8,11,17,20-21,23-24,26-27,29-30,32-34,71H,4-7,9-10,12-16,18-19,22,25,28,31,35-70H2,1-3H3/b11-8-,20-17-,23-21-,26-24-,29-27-,32-30-,34-33-. The quantitative estimate of drug-likeness (QED) is 0.0261. The summed E-state index contributed by atoms with van der Waals surface area (Å²) in [6.07, 6.45) is 90.6. The van der Waals surface area contributed by atoms with Crippen molar-refractivity contribution in [2.24, 2.45) is 0 Å². The highest BCUT2D eigenvalue weighted by Crippen LogP contribution is 2.17. The number of hydrogen-bond donors (Lipinski definition) is 0. The van der Waals surface area contributed by atoms with E-state index in [0.29, 0.717) is 19.3 Å². The fourth-order valence-electron chi connectivity index (χ4n) is 9.97. The summed E-state index contributed by atoms with van der Waals surface area (Å²) in [5.41, 5.74) is 0. The number of rotatable bonds is 63. The predicted octanol–water partition coefficient (Wildman–Crippen LogP) is 23.8. The van der Waals surface area contributed by atoms with E-state index in [2.05, 4.69) is 106 Å². The van der Waals surface area contributed by atoms with Crippen molar-refractivity contribution in [3.63, 3.8) is 0 Å². The number of ether oxygens (including phenoxy) is 3. The molecule has 0 fully saturated rings. The van der Waals surface area contributed by atoms with Crippen LogP contribution in [0.2, 0.25) is 0 Å². The highest BCUT2D eigenvalue weighted by atomic mass is 16.6. The smallest absolute Gasteiger partial charge is 0.306 e. The Hall–Kier alpha value is -3.41. The molecule has 80 heavy (non-hydrogen) atoms. The van der Waals surface area contributed by atoms with Gasteiger partial charge in [-0.3, -0.25) is 14.4 Å². The molecule has 0 heterocycles. The summed E-state index contributed by atoms with van der Waals surface area (Å²) in [7, 11) is 0. The van der Waals surface area contributed by atoms with E-state index in [4.69, 9.17) is 14.2 Å². The third kappa shape index (κ3) is 65.4. The van der Waals surface area contributed by atoms with Crippen molar-refractivity contribution in [3.05, 3.63) is 85.1 Å². The molecule has 0 bridgehead atoms. The van der Waals surface area contributed by atoms with Gasteiger partial charge in [0, 0.05) is 19.3 Å². The summed E-state index contributed by atoms with van der Waals surface area (Å²) < 4.78 is 16.9. The van der Waals surface area contributed by atoms with Crippen LogP contribution in [0.25, 0.3) is 0 Å². The molecule has 0 spiro atoms. The summed E-state index contributed by atoms with van der Waals surface area (Å²) in [5, 5.41) is 0. The van der Waals surface area contributed by atoms with Gasteiger partial charge in [0.05, 0.1) is 0 Å². The maximum Gasteiger partial charge on any atom is 0.306 e. The summed E-state index contributed by atoms with van der Waals surface area (Å²) in [4.78, 5) is 38.2. The molecule has 1 atom stereocenters. The van der Waals surface area contributed by atoms with Crippen molar-refractivity contribution in [2.75, 3.05) is 13.2 Å². The Morgan fingerprint density at radius 1 is 0.263 bits per heavy atom. The molecule has 6 heteroatoms. The zero-order valence-corrected chi connectivity index (χ0v) is 53.1. The summed E-state index contributed by atoms with van der Waals surface area (Å²) in [6.45, 7) is 6.52. The van der Waals surface area contributed by atoms with Crippen molar-refractivity contribution in [1.82, 2.24) is 0 Å². The lowest BCUT2D eigenvalue weighted by molar-refractivity contribution is -0.167. The van der Waals surface area contributed by atoms with Crippen molar-refractivity contribution >= 4 is 17.9 Å². The van der Waals surface area contributed by atoms with Gasteiger partial charge in [-0.05, 0) is 96.3 Å². The number of hydrogen-bond acceptors (Lipinski definition) is 6. The van der Waals surface area contributed by atoms with E-state index in [1.54, 1.807) is 0 Å². The molecule has 0 N–H and O–H groups in total. The fourth-order valence-corrected chi connectivity index (χ4v) is 9.97. The Balaban J connectivity index is 4.10. The molecule has 0 radical (unpaired) electrons. The van der Waals surface area contributed by atoms with E-state index in [0.717, 1.165) is 96.3 Å². The molecule has 0 aliphatic rings. The monoisotopic (exact) mass is 1110 g/mol. The van der Waals surface area contributed by atoms with Crippen LogP contribution in [-0.2, 0) is 28.6 Å². The van der Waals surface area contributed by atoms with Gasteiger partial charge in [0.2, 0.25) is 0 Å². The van der Waals surface area contributed by atoms with Gasteiger partial charge < -0.3 is 14.2 Å². The maximum absolute atomic E-state index is 12.9. The second-order valence-electron chi connectivity index (χ2n) is 23.1. The zero-order chi connectivity index (χ0) is 57.8. The molecule has 0 saturated heterocycles. The molecule has 0 rings (SSSR count). The number of allylic oxidation sites excluding steroid dienone is 14. The molecule has 0 aromatic rings. The van der Waals surface area contributed by atoms with E-state index >= 15 is 0 Å². The Bertz CT molecular complexity index is 1520. The van der Waals surface area contributed by atoms with Crippen molar-refractivity contribution < 1.29 is 28.6 Å². The number of esters is 3. The first-order valence-corrected chi connectivity index (χ1v) is 34.6. The molecule has 462 valence electrons. The molecule has 0 aromatic heterocycles. The van der Waals surface area contributed by atoms with Crippen LogP contribution in [0.4, 0.5) is 0 Å². The highest BCUT2D eigenvalue weighted by molar-refractivity contribution is 5.71. The first kappa shape index (κ1) is 76.6. The minimum Gasteiger partial charge on any atom is -0.462 e.